The molecule has 0 bridgehead atoms. The number of nitrogens with zero attached hydrogens (tertiary/aromatic N) is 3. The van der Waals surface area contributed by atoms with Crippen LogP contribution in [0.15, 0.2) is 46.9 Å². The van der Waals surface area contributed by atoms with Gasteiger partial charge in [0.1, 0.15) is 5.69 Å². The van der Waals surface area contributed by atoms with Gasteiger partial charge >= 0.3 is 0 Å². The lowest BCUT2D eigenvalue weighted by molar-refractivity contribution is -0.384. The SMILES string of the molecule is C[C@H](Nc1cc(N2CCN(C)CC2)ccc1[N+](=O)[O-])c1ccc(Br)cc1. The van der Waals surface area contributed by atoms with Crippen molar-refractivity contribution in [2.24, 2.45) is 0 Å². The Morgan fingerprint density at radius 3 is 2.38 bits per heavy atom. The molecule has 0 aliphatic carbocycles. The monoisotopic (exact) mass is 418 g/mol. The highest BCUT2D eigenvalue weighted by molar-refractivity contribution is 9.10. The summed E-state index contributed by atoms with van der Waals surface area (Å²) in [6.07, 6.45) is 0. The molecule has 1 saturated heterocycles. The quantitative estimate of drug-likeness (QED) is 0.579. The van der Waals surface area contributed by atoms with Crippen molar-refractivity contribution in [3.8, 4) is 0 Å². The maximum absolute atomic E-state index is 11.5. The van der Waals surface area contributed by atoms with Gasteiger partial charge in [-0.15, -0.1) is 0 Å². The Labute approximate surface area is 162 Å². The number of piperazine rings is 1. The van der Waals surface area contributed by atoms with Gasteiger partial charge < -0.3 is 15.1 Å². The molecule has 0 amide bonds. The number of anilines is 2. The van der Waals surface area contributed by atoms with Gasteiger partial charge in [0.2, 0.25) is 0 Å². The molecule has 6 nitrogen and oxygen atoms in total. The first kappa shape index (κ1) is 18.7. The fourth-order valence-electron chi connectivity index (χ4n) is 3.13. The number of nitro groups is 1. The average Bonchev–Trinajstić information content (AvgIpc) is 2.62. The molecule has 1 aliphatic rings. The van der Waals surface area contributed by atoms with Crippen LogP contribution in [0, 0.1) is 10.1 Å². The summed E-state index contributed by atoms with van der Waals surface area (Å²) in [6, 6.07) is 13.3. The van der Waals surface area contributed by atoms with Crippen molar-refractivity contribution in [3.63, 3.8) is 0 Å². The molecule has 0 aromatic heterocycles. The maximum atomic E-state index is 11.5. The third-order valence-corrected chi connectivity index (χ3v) is 5.32. The van der Waals surface area contributed by atoms with Crippen LogP contribution in [0.25, 0.3) is 0 Å². The van der Waals surface area contributed by atoms with Gasteiger partial charge in [0, 0.05) is 48.4 Å². The highest BCUT2D eigenvalue weighted by Gasteiger charge is 2.20. The first-order valence-corrected chi connectivity index (χ1v) is 9.47. The zero-order valence-corrected chi connectivity index (χ0v) is 16.6. The Balaban J connectivity index is 1.84. The van der Waals surface area contributed by atoms with Crippen LogP contribution in [0.1, 0.15) is 18.5 Å². The van der Waals surface area contributed by atoms with Gasteiger partial charge in [-0.2, -0.15) is 0 Å². The van der Waals surface area contributed by atoms with Crippen LogP contribution in [-0.4, -0.2) is 43.0 Å². The fourth-order valence-corrected chi connectivity index (χ4v) is 3.39. The smallest absolute Gasteiger partial charge is 0.292 e. The van der Waals surface area contributed by atoms with Crippen LogP contribution in [0.2, 0.25) is 0 Å². The van der Waals surface area contributed by atoms with Crippen molar-refractivity contribution in [2.75, 3.05) is 43.4 Å². The average molecular weight is 419 g/mol. The number of likely N-dealkylation sites (N-methyl/N-ethyl adjacent to an activating group) is 1. The molecule has 1 heterocycles. The number of halogens is 1. The first-order valence-electron chi connectivity index (χ1n) is 8.68. The second-order valence-electron chi connectivity index (χ2n) is 6.67. The minimum absolute atomic E-state index is 0.0375. The number of nitrogens with one attached hydrogen (secondary N) is 1. The third-order valence-electron chi connectivity index (χ3n) is 4.79. The van der Waals surface area contributed by atoms with Crippen LogP contribution in [0.3, 0.4) is 0 Å². The van der Waals surface area contributed by atoms with Crippen molar-refractivity contribution < 1.29 is 4.92 Å². The summed E-state index contributed by atoms with van der Waals surface area (Å²) in [5.41, 5.74) is 2.76. The van der Waals surface area contributed by atoms with E-state index in [1.165, 1.54) is 0 Å². The molecule has 2 aromatic rings. The van der Waals surface area contributed by atoms with Gasteiger partial charge in [0.25, 0.3) is 5.69 Å². The van der Waals surface area contributed by atoms with Crippen LogP contribution in [0.5, 0.6) is 0 Å². The molecule has 26 heavy (non-hydrogen) atoms. The highest BCUT2D eigenvalue weighted by atomic mass is 79.9. The number of hydrogen-bond donors (Lipinski definition) is 1. The zero-order chi connectivity index (χ0) is 18.7. The van der Waals surface area contributed by atoms with E-state index in [1.54, 1.807) is 6.07 Å². The molecular weight excluding hydrogens is 396 g/mol. The summed E-state index contributed by atoms with van der Waals surface area (Å²) in [5.74, 6) is 0. The van der Waals surface area contributed by atoms with Crippen LogP contribution < -0.4 is 10.2 Å². The lowest BCUT2D eigenvalue weighted by Gasteiger charge is -2.34. The van der Waals surface area contributed by atoms with Crippen molar-refractivity contribution in [2.45, 2.75) is 13.0 Å². The van der Waals surface area contributed by atoms with Gasteiger partial charge in [-0.05, 0) is 43.8 Å². The van der Waals surface area contributed by atoms with Gasteiger partial charge in [-0.3, -0.25) is 10.1 Å². The van der Waals surface area contributed by atoms with Gasteiger partial charge in [-0.25, -0.2) is 0 Å². The van der Waals surface area contributed by atoms with Gasteiger partial charge in [-0.1, -0.05) is 28.1 Å². The zero-order valence-electron chi connectivity index (χ0n) is 15.0. The largest absolute Gasteiger partial charge is 0.373 e. The number of benzene rings is 2. The summed E-state index contributed by atoms with van der Waals surface area (Å²) in [5, 5.41) is 14.8. The predicted molar refractivity (Wildman–Crippen MR) is 109 cm³/mol. The van der Waals surface area contributed by atoms with E-state index in [4.69, 9.17) is 0 Å². The molecule has 138 valence electrons. The van der Waals surface area contributed by atoms with E-state index in [9.17, 15) is 10.1 Å². The molecule has 0 spiro atoms. The normalized spacial score (nSPS) is 16.3. The summed E-state index contributed by atoms with van der Waals surface area (Å²) in [7, 11) is 2.11. The predicted octanol–water partition coefficient (Wildman–Crippen LogP) is 4.28. The minimum Gasteiger partial charge on any atom is -0.373 e. The van der Waals surface area contributed by atoms with Crippen LogP contribution in [0.4, 0.5) is 17.1 Å². The van der Waals surface area contributed by atoms with E-state index in [2.05, 4.69) is 38.1 Å². The van der Waals surface area contributed by atoms with Crippen molar-refractivity contribution >= 4 is 33.0 Å². The van der Waals surface area contributed by atoms with Gasteiger partial charge in [0.05, 0.1) is 4.92 Å². The van der Waals surface area contributed by atoms with Crippen LogP contribution >= 0.6 is 15.9 Å². The molecular formula is C19H23BrN4O2. The van der Waals surface area contributed by atoms with E-state index in [1.807, 2.05) is 43.3 Å². The molecule has 2 aromatic carbocycles. The van der Waals surface area contributed by atoms with E-state index in [0.29, 0.717) is 5.69 Å². The Hall–Kier alpha value is -2.12. The topological polar surface area (TPSA) is 61.6 Å². The Kier molecular flexibility index (Phi) is 5.78. The standard InChI is InChI=1S/C19H23BrN4O2/c1-14(15-3-5-16(20)6-4-15)21-18-13-17(7-8-19(18)24(25)26)23-11-9-22(2)10-12-23/h3-8,13-14,21H,9-12H2,1-2H3/t14-/m0/s1. The minimum atomic E-state index is -0.329. The molecule has 0 unspecified atom stereocenters. The maximum Gasteiger partial charge on any atom is 0.292 e. The molecule has 3 rings (SSSR count). The second-order valence-corrected chi connectivity index (χ2v) is 7.58. The molecule has 0 saturated carbocycles. The molecule has 1 aliphatic heterocycles. The Morgan fingerprint density at radius 2 is 1.77 bits per heavy atom. The van der Waals surface area contributed by atoms with E-state index < -0.39 is 0 Å². The summed E-state index contributed by atoms with van der Waals surface area (Å²) < 4.78 is 1.01. The number of hydrogen-bond acceptors (Lipinski definition) is 5. The Bertz CT molecular complexity index is 774. The lowest BCUT2D eigenvalue weighted by atomic mass is 10.1. The van der Waals surface area contributed by atoms with Crippen LogP contribution in [-0.2, 0) is 0 Å². The second kappa shape index (κ2) is 8.05. The molecule has 1 atom stereocenters. The highest BCUT2D eigenvalue weighted by Crippen LogP contribution is 2.33. The lowest BCUT2D eigenvalue weighted by Crippen LogP contribution is -2.44. The molecule has 0 radical (unpaired) electrons. The van der Waals surface area contributed by atoms with Crippen molar-refractivity contribution in [1.29, 1.82) is 0 Å². The summed E-state index contributed by atoms with van der Waals surface area (Å²) in [6.45, 7) is 5.85. The van der Waals surface area contributed by atoms with Crippen molar-refractivity contribution in [3.05, 3.63) is 62.6 Å². The number of rotatable bonds is 5. The number of nitro benzene ring substituents is 1. The van der Waals surface area contributed by atoms with E-state index in [0.717, 1.165) is 41.9 Å². The first-order chi connectivity index (χ1) is 12.4. The summed E-state index contributed by atoms with van der Waals surface area (Å²) in [4.78, 5) is 15.7. The molecule has 7 heteroatoms. The Morgan fingerprint density at radius 1 is 1.12 bits per heavy atom. The molecule has 1 N–H and O–H groups in total. The fraction of sp³-hybridized carbons (Fsp3) is 0.368. The van der Waals surface area contributed by atoms with E-state index in [-0.39, 0.29) is 16.7 Å². The summed E-state index contributed by atoms with van der Waals surface area (Å²) >= 11 is 3.43. The third kappa shape index (κ3) is 4.34. The molecule has 1 fully saturated rings. The van der Waals surface area contributed by atoms with Crippen molar-refractivity contribution in [1.82, 2.24) is 4.90 Å². The van der Waals surface area contributed by atoms with Gasteiger partial charge in [0.15, 0.2) is 0 Å². The van der Waals surface area contributed by atoms with E-state index >= 15 is 0 Å².